The molecule has 0 spiro atoms. The van der Waals surface area contributed by atoms with Gasteiger partial charge in [0.05, 0.1) is 29.0 Å². The number of aromatic nitrogens is 3. The van der Waals surface area contributed by atoms with Crippen LogP contribution in [0.3, 0.4) is 0 Å². The van der Waals surface area contributed by atoms with Gasteiger partial charge in [-0.05, 0) is 36.4 Å². The van der Waals surface area contributed by atoms with Crippen molar-refractivity contribution in [2.75, 3.05) is 6.54 Å². The second-order valence-corrected chi connectivity index (χ2v) is 7.69. The number of rotatable bonds is 5. The fourth-order valence-electron chi connectivity index (χ4n) is 3.95. The lowest BCUT2D eigenvalue weighted by Crippen LogP contribution is -2.36. The number of fused-ring (bicyclic) bond motifs is 3. The van der Waals surface area contributed by atoms with Crippen molar-refractivity contribution < 1.29 is 14.3 Å². The van der Waals surface area contributed by atoms with Crippen LogP contribution in [0.5, 0.6) is 11.5 Å². The third kappa shape index (κ3) is 3.42. The fraction of sp³-hybridized carbons (Fsp3) is 0.130. The zero-order chi connectivity index (χ0) is 22.2. The number of H-pyrrole nitrogens is 1. The average molecular weight is 446 g/mol. The van der Waals surface area contributed by atoms with E-state index in [9.17, 15) is 9.59 Å². The Bertz CT molecular complexity index is 1340. The van der Waals surface area contributed by atoms with Crippen molar-refractivity contribution in [1.82, 2.24) is 19.5 Å². The number of hydrogen-bond acceptors (Lipinski definition) is 5. The van der Waals surface area contributed by atoms with Crippen LogP contribution in [0.1, 0.15) is 21.7 Å². The summed E-state index contributed by atoms with van der Waals surface area (Å²) in [4.78, 5) is 30.7. The quantitative estimate of drug-likeness (QED) is 0.459. The molecule has 5 rings (SSSR count). The highest BCUT2D eigenvalue weighted by Gasteiger charge is 2.28. The first-order valence-electron chi connectivity index (χ1n) is 10.0. The lowest BCUT2D eigenvalue weighted by molar-refractivity contribution is -0.124. The van der Waals surface area contributed by atoms with Crippen LogP contribution >= 0.6 is 12.2 Å². The Balaban J connectivity index is 1.52. The van der Waals surface area contributed by atoms with Gasteiger partial charge in [0, 0.05) is 18.5 Å². The van der Waals surface area contributed by atoms with Gasteiger partial charge in [0.25, 0.3) is 11.8 Å². The molecule has 8 nitrogen and oxygen atoms in total. The molecule has 0 radical (unpaired) electrons. The maximum absolute atomic E-state index is 12.4. The zero-order valence-corrected chi connectivity index (χ0v) is 17.8. The van der Waals surface area contributed by atoms with Crippen molar-refractivity contribution >= 4 is 35.0 Å². The highest BCUT2D eigenvalue weighted by atomic mass is 32.1. The number of thiocarbonyl (C=S) groups is 1. The molecule has 1 aliphatic heterocycles. The van der Waals surface area contributed by atoms with E-state index < -0.39 is 5.91 Å². The van der Waals surface area contributed by atoms with Crippen LogP contribution in [0.4, 0.5) is 0 Å². The van der Waals surface area contributed by atoms with Gasteiger partial charge < -0.3 is 15.4 Å². The van der Waals surface area contributed by atoms with E-state index in [-0.39, 0.29) is 5.91 Å². The highest BCUT2D eigenvalue weighted by Crippen LogP contribution is 2.31. The van der Waals surface area contributed by atoms with Gasteiger partial charge in [-0.2, -0.15) is 0 Å². The van der Waals surface area contributed by atoms with E-state index in [0.717, 1.165) is 28.1 Å². The number of benzene rings is 2. The van der Waals surface area contributed by atoms with Crippen molar-refractivity contribution in [3.8, 4) is 22.8 Å². The van der Waals surface area contributed by atoms with E-state index in [2.05, 4.69) is 10.1 Å². The number of imidazole rings is 1. The molecule has 3 N–H and O–H groups in total. The summed E-state index contributed by atoms with van der Waals surface area (Å²) in [7, 11) is 0. The number of nitrogens with zero attached hydrogens (tertiary/aromatic N) is 3. The molecule has 2 amide bonds. The molecule has 32 heavy (non-hydrogen) atoms. The summed E-state index contributed by atoms with van der Waals surface area (Å²) in [6, 6.07) is 16.8. The van der Waals surface area contributed by atoms with E-state index in [1.165, 1.54) is 0 Å². The SMILES string of the molecule is NC(=O)c1c(-c2ccc(Oc3ccccc3)cc2)[nH]n2c3c(nc12)CCN(C(=O)C=S)C3. The third-order valence-corrected chi connectivity index (χ3v) is 5.69. The van der Waals surface area contributed by atoms with Gasteiger partial charge in [-0.25, -0.2) is 9.50 Å². The van der Waals surface area contributed by atoms with Crippen molar-refractivity contribution in [3.05, 3.63) is 71.5 Å². The Morgan fingerprint density at radius 2 is 1.81 bits per heavy atom. The molecule has 0 aliphatic carbocycles. The van der Waals surface area contributed by atoms with Crippen LogP contribution in [0.15, 0.2) is 54.6 Å². The third-order valence-electron chi connectivity index (χ3n) is 5.49. The summed E-state index contributed by atoms with van der Waals surface area (Å²) in [5.74, 6) is 0.614. The molecule has 2 aromatic carbocycles. The Kier molecular flexibility index (Phi) is 4.95. The van der Waals surface area contributed by atoms with E-state index in [1.807, 2.05) is 54.6 Å². The molecule has 0 unspecified atom stereocenters. The monoisotopic (exact) mass is 445 g/mol. The predicted molar refractivity (Wildman–Crippen MR) is 123 cm³/mol. The molecular formula is C23H19N5O3S. The van der Waals surface area contributed by atoms with Crippen LogP contribution in [0, 0.1) is 0 Å². The van der Waals surface area contributed by atoms with E-state index in [0.29, 0.717) is 42.2 Å². The smallest absolute Gasteiger partial charge is 0.257 e. The normalized spacial score (nSPS) is 13.1. The van der Waals surface area contributed by atoms with Gasteiger partial charge >= 0.3 is 0 Å². The minimum Gasteiger partial charge on any atom is -0.457 e. The number of carbonyl (C=O) groups is 2. The van der Waals surface area contributed by atoms with Crippen LogP contribution in [0.25, 0.3) is 16.9 Å². The lowest BCUT2D eigenvalue weighted by atomic mass is 10.1. The van der Waals surface area contributed by atoms with E-state index >= 15 is 0 Å². The molecule has 0 saturated carbocycles. The van der Waals surface area contributed by atoms with E-state index in [4.69, 9.17) is 22.7 Å². The number of nitrogens with two attached hydrogens (primary N) is 1. The second-order valence-electron chi connectivity index (χ2n) is 7.46. The fourth-order valence-corrected chi connectivity index (χ4v) is 4.10. The average Bonchev–Trinajstić information content (AvgIpc) is 3.35. The predicted octanol–water partition coefficient (Wildman–Crippen LogP) is 3.11. The summed E-state index contributed by atoms with van der Waals surface area (Å²) in [5.41, 5.74) is 9.48. The summed E-state index contributed by atoms with van der Waals surface area (Å²) in [6.07, 6.45) is 0.582. The second kappa shape index (κ2) is 7.93. The minimum atomic E-state index is -0.579. The first-order chi connectivity index (χ1) is 15.5. The van der Waals surface area contributed by atoms with Crippen LogP contribution in [-0.4, -0.2) is 43.2 Å². The maximum atomic E-state index is 12.4. The highest BCUT2D eigenvalue weighted by molar-refractivity contribution is 7.80. The molecule has 0 fully saturated rings. The first kappa shape index (κ1) is 20.0. The number of primary amides is 1. The number of ether oxygens (including phenoxy) is 1. The van der Waals surface area contributed by atoms with Crippen molar-refractivity contribution in [2.24, 2.45) is 5.73 Å². The van der Waals surface area contributed by atoms with Gasteiger partial charge in [0.2, 0.25) is 0 Å². The molecule has 0 atom stereocenters. The van der Waals surface area contributed by atoms with Gasteiger partial charge in [-0.15, -0.1) is 0 Å². The largest absolute Gasteiger partial charge is 0.457 e. The molecule has 0 bridgehead atoms. The number of hydrogen-bond donors (Lipinski definition) is 2. The number of carbonyl (C=O) groups excluding carboxylic acids is 2. The molecule has 0 saturated heterocycles. The number of aromatic amines is 1. The number of para-hydroxylation sites is 1. The topological polar surface area (TPSA) is 106 Å². The Morgan fingerprint density at radius 1 is 1.09 bits per heavy atom. The van der Waals surface area contributed by atoms with Crippen LogP contribution in [-0.2, 0) is 17.8 Å². The molecule has 4 aromatic rings. The molecule has 2 aromatic heterocycles. The standard InChI is InChI=1S/C23H19N5O3S/c24-22(30)20-21(14-6-8-16(9-7-14)31-15-4-2-1-3-5-15)26-28-18-12-27(19(29)13-32)11-10-17(18)25-23(20)28/h1-9,13,26H,10-12H2,(H2,24,30). The van der Waals surface area contributed by atoms with Crippen molar-refractivity contribution in [3.63, 3.8) is 0 Å². The molecule has 1 aliphatic rings. The van der Waals surface area contributed by atoms with Crippen LogP contribution < -0.4 is 10.5 Å². The molecule has 160 valence electrons. The van der Waals surface area contributed by atoms with E-state index in [1.54, 1.807) is 9.42 Å². The van der Waals surface area contributed by atoms with Gasteiger partial charge in [-0.3, -0.25) is 14.7 Å². The Morgan fingerprint density at radius 3 is 2.50 bits per heavy atom. The summed E-state index contributed by atoms with van der Waals surface area (Å²) in [6.45, 7) is 0.880. The summed E-state index contributed by atoms with van der Waals surface area (Å²) in [5, 5.41) is 4.39. The Hall–Kier alpha value is -3.98. The first-order valence-corrected chi connectivity index (χ1v) is 10.5. The lowest BCUT2D eigenvalue weighted by Gasteiger charge is -2.24. The Labute approximate surface area is 188 Å². The van der Waals surface area contributed by atoms with Crippen LogP contribution in [0.2, 0.25) is 0 Å². The van der Waals surface area contributed by atoms with Crippen molar-refractivity contribution in [1.29, 1.82) is 0 Å². The molecular weight excluding hydrogens is 426 g/mol. The molecule has 3 heterocycles. The van der Waals surface area contributed by atoms with Gasteiger partial charge in [0.1, 0.15) is 17.1 Å². The summed E-state index contributed by atoms with van der Waals surface area (Å²) >= 11 is 4.79. The minimum absolute atomic E-state index is 0.212. The number of nitrogens with one attached hydrogen (secondary N) is 1. The van der Waals surface area contributed by atoms with Gasteiger partial charge in [0.15, 0.2) is 5.65 Å². The summed E-state index contributed by atoms with van der Waals surface area (Å²) < 4.78 is 7.58. The zero-order valence-electron chi connectivity index (χ0n) is 16.9. The van der Waals surface area contributed by atoms with Crippen molar-refractivity contribution in [2.45, 2.75) is 13.0 Å². The number of amides is 2. The maximum Gasteiger partial charge on any atom is 0.257 e. The molecule has 9 heteroatoms. The van der Waals surface area contributed by atoms with Gasteiger partial charge in [-0.1, -0.05) is 30.4 Å².